The van der Waals surface area contributed by atoms with Crippen LogP contribution >= 0.6 is 0 Å². The molecular weight excluding hydrogens is 359 g/mol. The number of nitrogens with one attached hydrogen (secondary N) is 1. The van der Waals surface area contributed by atoms with Crippen molar-refractivity contribution in [2.75, 3.05) is 13.1 Å². The predicted molar refractivity (Wildman–Crippen MR) is 102 cm³/mol. The summed E-state index contributed by atoms with van der Waals surface area (Å²) in [6.45, 7) is 1.15. The van der Waals surface area contributed by atoms with Gasteiger partial charge in [-0.15, -0.1) is 0 Å². The van der Waals surface area contributed by atoms with Gasteiger partial charge in [-0.3, -0.25) is 19.6 Å². The summed E-state index contributed by atoms with van der Waals surface area (Å²) in [5.74, 6) is -0.622. The monoisotopic (exact) mass is 378 g/mol. The average molecular weight is 378 g/mol. The van der Waals surface area contributed by atoms with E-state index >= 15 is 0 Å². The van der Waals surface area contributed by atoms with Crippen molar-refractivity contribution in [3.8, 4) is 0 Å². The minimum atomic E-state index is -0.363. The summed E-state index contributed by atoms with van der Waals surface area (Å²) in [7, 11) is 0. The largest absolute Gasteiger partial charge is 0.349 e. The van der Waals surface area contributed by atoms with Crippen LogP contribution in [-0.2, 0) is 0 Å². The fraction of sp³-hybridized carbons (Fsp3) is 0.238. The molecule has 3 heterocycles. The summed E-state index contributed by atoms with van der Waals surface area (Å²) in [6.07, 6.45) is 6.06. The van der Waals surface area contributed by atoms with Crippen LogP contribution in [0.1, 0.15) is 33.6 Å². The number of fused-ring (bicyclic) bond motifs is 1. The van der Waals surface area contributed by atoms with Gasteiger partial charge in [-0.2, -0.15) is 0 Å². The first-order chi connectivity index (χ1) is 13.6. The van der Waals surface area contributed by atoms with Crippen molar-refractivity contribution in [1.29, 1.82) is 0 Å². The van der Waals surface area contributed by atoms with Gasteiger partial charge in [-0.1, -0.05) is 0 Å². The van der Waals surface area contributed by atoms with Crippen LogP contribution < -0.4 is 5.32 Å². The third-order valence-electron chi connectivity index (χ3n) is 4.95. The number of piperidine rings is 1. The van der Waals surface area contributed by atoms with E-state index in [0.717, 1.165) is 0 Å². The molecular formula is C21H19FN4O2. The van der Waals surface area contributed by atoms with Gasteiger partial charge in [0.05, 0.1) is 11.1 Å². The van der Waals surface area contributed by atoms with Crippen LogP contribution in [0.15, 0.2) is 55.0 Å². The second kappa shape index (κ2) is 7.72. The highest BCUT2D eigenvalue weighted by molar-refractivity contribution is 5.97. The van der Waals surface area contributed by atoms with Crippen LogP contribution in [0.2, 0.25) is 0 Å². The Labute approximate surface area is 161 Å². The first-order valence-electron chi connectivity index (χ1n) is 9.15. The van der Waals surface area contributed by atoms with Gasteiger partial charge in [-0.25, -0.2) is 4.39 Å². The Morgan fingerprint density at radius 1 is 1.04 bits per heavy atom. The van der Waals surface area contributed by atoms with Gasteiger partial charge >= 0.3 is 0 Å². The molecule has 142 valence electrons. The molecule has 0 atom stereocenters. The summed E-state index contributed by atoms with van der Waals surface area (Å²) in [4.78, 5) is 35.0. The fourth-order valence-corrected chi connectivity index (χ4v) is 3.40. The average Bonchev–Trinajstić information content (AvgIpc) is 2.74. The molecule has 28 heavy (non-hydrogen) atoms. The Balaban J connectivity index is 1.37. The molecule has 1 aliphatic heterocycles. The first-order valence-corrected chi connectivity index (χ1v) is 9.15. The van der Waals surface area contributed by atoms with Gasteiger partial charge < -0.3 is 10.2 Å². The summed E-state index contributed by atoms with van der Waals surface area (Å²) >= 11 is 0. The zero-order valence-corrected chi connectivity index (χ0v) is 15.1. The molecule has 6 nitrogen and oxygen atoms in total. The SMILES string of the molecule is O=C(NC1CCN(C(=O)c2ccncc2)CC1)c1cnc2ccc(F)cc2c1. The van der Waals surface area contributed by atoms with E-state index in [4.69, 9.17) is 0 Å². The molecule has 0 radical (unpaired) electrons. The summed E-state index contributed by atoms with van der Waals surface area (Å²) in [6, 6.07) is 9.32. The number of amides is 2. The zero-order valence-electron chi connectivity index (χ0n) is 15.1. The second-order valence-corrected chi connectivity index (χ2v) is 6.84. The number of nitrogens with zero attached hydrogens (tertiary/aromatic N) is 3. The molecule has 2 aromatic heterocycles. The van der Waals surface area contributed by atoms with Gasteiger partial charge in [-0.05, 0) is 49.2 Å². The van der Waals surface area contributed by atoms with E-state index in [2.05, 4.69) is 15.3 Å². The normalized spacial score (nSPS) is 14.8. The molecule has 4 rings (SSSR count). The molecule has 1 saturated heterocycles. The Hall–Kier alpha value is -3.35. The number of carbonyl (C=O) groups excluding carboxylic acids is 2. The van der Waals surface area contributed by atoms with Crippen molar-refractivity contribution in [2.45, 2.75) is 18.9 Å². The number of carbonyl (C=O) groups is 2. The lowest BCUT2D eigenvalue weighted by molar-refractivity contribution is 0.0698. The zero-order chi connectivity index (χ0) is 19.5. The number of rotatable bonds is 3. The van der Waals surface area contributed by atoms with E-state index in [0.29, 0.717) is 48.0 Å². The Kier molecular flexibility index (Phi) is 4.97. The number of hydrogen-bond acceptors (Lipinski definition) is 4. The maximum atomic E-state index is 13.4. The third kappa shape index (κ3) is 3.83. The van der Waals surface area contributed by atoms with Gasteiger partial charge in [0.25, 0.3) is 11.8 Å². The van der Waals surface area contributed by atoms with Crippen molar-refractivity contribution in [3.05, 3.63) is 71.9 Å². The van der Waals surface area contributed by atoms with E-state index in [9.17, 15) is 14.0 Å². The summed E-state index contributed by atoms with van der Waals surface area (Å²) < 4.78 is 13.4. The molecule has 2 amide bonds. The highest BCUT2D eigenvalue weighted by Crippen LogP contribution is 2.17. The van der Waals surface area contributed by atoms with E-state index < -0.39 is 0 Å². The lowest BCUT2D eigenvalue weighted by Gasteiger charge is -2.32. The molecule has 0 spiro atoms. The lowest BCUT2D eigenvalue weighted by Crippen LogP contribution is -2.46. The van der Waals surface area contributed by atoms with E-state index in [1.807, 2.05) is 0 Å². The number of benzene rings is 1. The molecule has 3 aromatic rings. The lowest BCUT2D eigenvalue weighted by atomic mass is 10.0. The topological polar surface area (TPSA) is 75.2 Å². The predicted octanol–water partition coefficient (Wildman–Crippen LogP) is 2.80. The molecule has 1 fully saturated rings. The summed E-state index contributed by atoms with van der Waals surface area (Å²) in [5.41, 5.74) is 1.65. The fourth-order valence-electron chi connectivity index (χ4n) is 3.40. The van der Waals surface area contributed by atoms with Crippen molar-refractivity contribution in [2.24, 2.45) is 0 Å². The van der Waals surface area contributed by atoms with E-state index in [1.54, 1.807) is 41.6 Å². The number of aromatic nitrogens is 2. The molecule has 0 bridgehead atoms. The maximum Gasteiger partial charge on any atom is 0.253 e. The molecule has 0 unspecified atom stereocenters. The first kappa shape index (κ1) is 18.0. The molecule has 1 aliphatic rings. The van der Waals surface area contributed by atoms with Crippen molar-refractivity contribution < 1.29 is 14.0 Å². The molecule has 7 heteroatoms. The van der Waals surface area contributed by atoms with Gasteiger partial charge in [0.2, 0.25) is 0 Å². The molecule has 0 saturated carbocycles. The highest BCUT2D eigenvalue weighted by Gasteiger charge is 2.25. The molecule has 1 aromatic carbocycles. The van der Waals surface area contributed by atoms with Gasteiger partial charge in [0.15, 0.2) is 0 Å². The second-order valence-electron chi connectivity index (χ2n) is 6.84. The van der Waals surface area contributed by atoms with E-state index in [1.165, 1.54) is 18.3 Å². The van der Waals surface area contributed by atoms with Crippen molar-refractivity contribution in [1.82, 2.24) is 20.2 Å². The number of likely N-dealkylation sites (tertiary alicyclic amines) is 1. The van der Waals surface area contributed by atoms with Crippen molar-refractivity contribution in [3.63, 3.8) is 0 Å². The van der Waals surface area contributed by atoms with Crippen LogP contribution in [0.25, 0.3) is 10.9 Å². The Morgan fingerprint density at radius 3 is 2.54 bits per heavy atom. The quantitative estimate of drug-likeness (QED) is 0.761. The smallest absolute Gasteiger partial charge is 0.253 e. The van der Waals surface area contributed by atoms with Crippen molar-refractivity contribution >= 4 is 22.7 Å². The molecule has 1 N–H and O–H groups in total. The third-order valence-corrected chi connectivity index (χ3v) is 4.95. The minimum absolute atomic E-state index is 0.0165. The van der Waals surface area contributed by atoms with Crippen LogP contribution in [0.5, 0.6) is 0 Å². The Bertz CT molecular complexity index is 1020. The van der Waals surface area contributed by atoms with Crippen LogP contribution in [-0.4, -0.2) is 45.8 Å². The number of halogens is 1. The maximum absolute atomic E-state index is 13.4. The van der Waals surface area contributed by atoms with E-state index in [-0.39, 0.29) is 23.7 Å². The number of hydrogen-bond donors (Lipinski definition) is 1. The van der Waals surface area contributed by atoms with Gasteiger partial charge in [0, 0.05) is 48.7 Å². The standard InChI is InChI=1S/C21H19FN4O2/c22-17-1-2-19-15(12-17)11-16(13-24-19)20(27)25-18-5-9-26(10-6-18)21(28)14-3-7-23-8-4-14/h1-4,7-8,11-13,18H,5-6,9-10H2,(H,25,27). The van der Waals surface area contributed by atoms with Crippen LogP contribution in [0, 0.1) is 5.82 Å². The minimum Gasteiger partial charge on any atom is -0.349 e. The highest BCUT2D eigenvalue weighted by atomic mass is 19.1. The van der Waals surface area contributed by atoms with Crippen LogP contribution in [0.3, 0.4) is 0 Å². The summed E-state index contributed by atoms with van der Waals surface area (Å²) in [5, 5.41) is 3.58. The Morgan fingerprint density at radius 2 is 1.79 bits per heavy atom. The molecule has 0 aliphatic carbocycles. The van der Waals surface area contributed by atoms with Crippen LogP contribution in [0.4, 0.5) is 4.39 Å². The van der Waals surface area contributed by atoms with Gasteiger partial charge in [0.1, 0.15) is 5.82 Å². The number of pyridine rings is 2.